The van der Waals surface area contributed by atoms with E-state index >= 15 is 0 Å². The van der Waals surface area contributed by atoms with Crippen molar-refractivity contribution >= 4 is 5.69 Å². The number of nitrogens with two attached hydrogens (primary N) is 1. The lowest BCUT2D eigenvalue weighted by molar-refractivity contribution is 0.480. The molecule has 1 aliphatic rings. The predicted octanol–water partition coefficient (Wildman–Crippen LogP) is 2.95. The molecule has 1 atom stereocenters. The van der Waals surface area contributed by atoms with Crippen molar-refractivity contribution in [1.29, 1.82) is 0 Å². The molecule has 0 aliphatic carbocycles. The van der Waals surface area contributed by atoms with Crippen LogP contribution in [0, 0.1) is 11.7 Å². The average Bonchev–Trinajstić information content (AvgIpc) is 2.72. The zero-order valence-electron chi connectivity index (χ0n) is 11.2. The molecule has 2 rings (SSSR count). The summed E-state index contributed by atoms with van der Waals surface area (Å²) in [5.74, 6) is 0.571. The Morgan fingerprint density at radius 3 is 3.00 bits per heavy atom. The summed E-state index contributed by atoms with van der Waals surface area (Å²) in [6.45, 7) is 5.10. The first-order valence-corrected chi connectivity index (χ1v) is 6.94. The van der Waals surface area contributed by atoms with Crippen LogP contribution >= 0.6 is 0 Å². The van der Waals surface area contributed by atoms with Crippen LogP contribution < -0.4 is 10.6 Å². The van der Waals surface area contributed by atoms with Gasteiger partial charge >= 0.3 is 0 Å². The highest BCUT2D eigenvalue weighted by Crippen LogP contribution is 2.29. The summed E-state index contributed by atoms with van der Waals surface area (Å²) in [4.78, 5) is 2.31. The molecule has 2 nitrogen and oxygen atoms in total. The van der Waals surface area contributed by atoms with Gasteiger partial charge in [-0.05, 0) is 55.8 Å². The Bertz CT molecular complexity index is 392. The van der Waals surface area contributed by atoms with Crippen molar-refractivity contribution in [3.8, 4) is 0 Å². The van der Waals surface area contributed by atoms with E-state index in [1.807, 2.05) is 6.07 Å². The van der Waals surface area contributed by atoms with E-state index < -0.39 is 0 Å². The fourth-order valence-electron chi connectivity index (χ4n) is 2.71. The first-order valence-electron chi connectivity index (χ1n) is 6.94. The van der Waals surface area contributed by atoms with E-state index in [2.05, 4.69) is 11.8 Å². The Morgan fingerprint density at radius 2 is 2.22 bits per heavy atom. The summed E-state index contributed by atoms with van der Waals surface area (Å²) in [6.07, 6.45) is 4.52. The maximum atomic E-state index is 13.2. The number of rotatable bonds is 6. The molecule has 2 N–H and O–H groups in total. The summed E-state index contributed by atoms with van der Waals surface area (Å²) in [7, 11) is 0. The van der Waals surface area contributed by atoms with Gasteiger partial charge in [-0.15, -0.1) is 0 Å². The van der Waals surface area contributed by atoms with Crippen molar-refractivity contribution in [3.63, 3.8) is 0 Å². The Kier molecular flexibility index (Phi) is 4.59. The number of anilines is 1. The van der Waals surface area contributed by atoms with Gasteiger partial charge in [-0.25, -0.2) is 4.39 Å². The Labute approximate surface area is 109 Å². The van der Waals surface area contributed by atoms with E-state index in [0.717, 1.165) is 44.6 Å². The molecule has 100 valence electrons. The zero-order valence-corrected chi connectivity index (χ0v) is 11.2. The first kappa shape index (κ1) is 13.3. The van der Waals surface area contributed by atoms with E-state index in [4.69, 9.17) is 5.73 Å². The number of hydrogen-bond donors (Lipinski definition) is 1. The fourth-order valence-corrected chi connectivity index (χ4v) is 2.71. The number of halogens is 1. The predicted molar refractivity (Wildman–Crippen MR) is 74.4 cm³/mol. The monoisotopic (exact) mass is 250 g/mol. The summed E-state index contributed by atoms with van der Waals surface area (Å²) in [5, 5.41) is 0. The SMILES string of the molecule is CC(CCN)CCCN1CCc2ccc(F)cc21. The zero-order chi connectivity index (χ0) is 13.0. The fraction of sp³-hybridized carbons (Fsp3) is 0.600. The highest BCUT2D eigenvalue weighted by molar-refractivity contribution is 5.58. The van der Waals surface area contributed by atoms with Crippen LogP contribution in [0.25, 0.3) is 0 Å². The van der Waals surface area contributed by atoms with Crippen LogP contribution in [0.4, 0.5) is 10.1 Å². The van der Waals surface area contributed by atoms with Crippen LogP contribution in [0.15, 0.2) is 18.2 Å². The molecule has 0 amide bonds. The van der Waals surface area contributed by atoms with Gasteiger partial charge < -0.3 is 10.6 Å². The molecular weight excluding hydrogens is 227 g/mol. The molecule has 18 heavy (non-hydrogen) atoms. The third-order valence-electron chi connectivity index (χ3n) is 3.82. The Balaban J connectivity index is 1.84. The third-order valence-corrected chi connectivity index (χ3v) is 3.82. The van der Waals surface area contributed by atoms with Crippen molar-refractivity contribution in [2.24, 2.45) is 11.7 Å². The standard InChI is InChI=1S/C15H23FN2/c1-12(6-8-17)3-2-9-18-10-7-13-4-5-14(16)11-15(13)18/h4-5,11-12H,2-3,6-10,17H2,1H3. The minimum Gasteiger partial charge on any atom is -0.371 e. The molecule has 0 saturated heterocycles. The smallest absolute Gasteiger partial charge is 0.125 e. The lowest BCUT2D eigenvalue weighted by Gasteiger charge is -2.20. The lowest BCUT2D eigenvalue weighted by atomic mass is 10.0. The van der Waals surface area contributed by atoms with E-state index in [-0.39, 0.29) is 5.82 Å². The topological polar surface area (TPSA) is 29.3 Å². The quantitative estimate of drug-likeness (QED) is 0.841. The van der Waals surface area contributed by atoms with Gasteiger partial charge in [0.15, 0.2) is 0 Å². The van der Waals surface area contributed by atoms with E-state index in [0.29, 0.717) is 5.92 Å². The average molecular weight is 250 g/mol. The summed E-state index contributed by atoms with van der Waals surface area (Å²) in [6, 6.07) is 5.15. The van der Waals surface area contributed by atoms with Crippen molar-refractivity contribution < 1.29 is 4.39 Å². The van der Waals surface area contributed by atoms with Crippen LogP contribution in [0.1, 0.15) is 31.7 Å². The van der Waals surface area contributed by atoms with Crippen LogP contribution in [-0.4, -0.2) is 19.6 Å². The number of fused-ring (bicyclic) bond motifs is 1. The Hall–Kier alpha value is -1.09. The minimum absolute atomic E-state index is 0.128. The molecule has 0 bridgehead atoms. The van der Waals surface area contributed by atoms with Gasteiger partial charge in [0.1, 0.15) is 5.82 Å². The van der Waals surface area contributed by atoms with Crippen LogP contribution in [0.3, 0.4) is 0 Å². The van der Waals surface area contributed by atoms with Crippen LogP contribution in [0.2, 0.25) is 0 Å². The van der Waals surface area contributed by atoms with Crippen LogP contribution in [-0.2, 0) is 6.42 Å². The molecular formula is C15H23FN2. The van der Waals surface area contributed by atoms with Crippen molar-refractivity contribution in [2.45, 2.75) is 32.6 Å². The molecule has 1 aromatic carbocycles. The normalized spacial score (nSPS) is 15.8. The van der Waals surface area contributed by atoms with Crippen molar-refractivity contribution in [3.05, 3.63) is 29.6 Å². The molecule has 0 aromatic heterocycles. The van der Waals surface area contributed by atoms with Gasteiger partial charge in [0, 0.05) is 18.8 Å². The minimum atomic E-state index is -0.128. The number of hydrogen-bond acceptors (Lipinski definition) is 2. The second kappa shape index (κ2) is 6.19. The summed E-state index contributed by atoms with van der Waals surface area (Å²) in [5.41, 5.74) is 7.93. The molecule has 1 aliphatic heterocycles. The molecule has 1 aromatic rings. The molecule has 0 fully saturated rings. The van der Waals surface area contributed by atoms with Gasteiger partial charge in [-0.3, -0.25) is 0 Å². The maximum Gasteiger partial charge on any atom is 0.125 e. The summed E-state index contributed by atoms with van der Waals surface area (Å²) >= 11 is 0. The van der Waals surface area contributed by atoms with Gasteiger partial charge in [-0.2, -0.15) is 0 Å². The molecule has 1 heterocycles. The third kappa shape index (κ3) is 3.22. The number of nitrogens with zero attached hydrogens (tertiary/aromatic N) is 1. The first-order chi connectivity index (χ1) is 8.70. The number of benzene rings is 1. The highest BCUT2D eigenvalue weighted by Gasteiger charge is 2.19. The second-order valence-electron chi connectivity index (χ2n) is 5.33. The van der Waals surface area contributed by atoms with Gasteiger partial charge in [-0.1, -0.05) is 13.0 Å². The second-order valence-corrected chi connectivity index (χ2v) is 5.33. The van der Waals surface area contributed by atoms with E-state index in [1.54, 1.807) is 12.1 Å². The van der Waals surface area contributed by atoms with E-state index in [1.165, 1.54) is 12.0 Å². The van der Waals surface area contributed by atoms with Gasteiger partial charge in [0.25, 0.3) is 0 Å². The molecule has 1 unspecified atom stereocenters. The van der Waals surface area contributed by atoms with E-state index in [9.17, 15) is 4.39 Å². The molecule has 3 heteroatoms. The summed E-state index contributed by atoms with van der Waals surface area (Å²) < 4.78 is 13.2. The lowest BCUT2D eigenvalue weighted by Crippen LogP contribution is -2.22. The Morgan fingerprint density at radius 1 is 1.39 bits per heavy atom. The molecule has 0 radical (unpaired) electrons. The van der Waals surface area contributed by atoms with Crippen molar-refractivity contribution in [1.82, 2.24) is 0 Å². The highest BCUT2D eigenvalue weighted by atomic mass is 19.1. The van der Waals surface area contributed by atoms with Crippen molar-refractivity contribution in [2.75, 3.05) is 24.5 Å². The molecule has 0 saturated carbocycles. The van der Waals surface area contributed by atoms with Gasteiger partial charge in [0.2, 0.25) is 0 Å². The maximum absolute atomic E-state index is 13.2. The van der Waals surface area contributed by atoms with Gasteiger partial charge in [0.05, 0.1) is 0 Å². The largest absolute Gasteiger partial charge is 0.371 e. The molecule has 0 spiro atoms. The van der Waals surface area contributed by atoms with Crippen LogP contribution in [0.5, 0.6) is 0 Å².